The second-order valence-electron chi connectivity index (χ2n) is 5.26. The molecule has 0 unspecified atom stereocenters. The lowest BCUT2D eigenvalue weighted by atomic mass is 10.2. The summed E-state index contributed by atoms with van der Waals surface area (Å²) in [6.07, 6.45) is 0. The molecule has 0 radical (unpaired) electrons. The first-order valence-electron chi connectivity index (χ1n) is 6.43. The topological polar surface area (TPSA) is 49.7 Å². The van der Waals surface area contributed by atoms with Gasteiger partial charge >= 0.3 is 0 Å². The van der Waals surface area contributed by atoms with Crippen LogP contribution in [0.15, 0.2) is 23.2 Å². The molecule has 1 aromatic carbocycles. The Bertz CT molecular complexity index is 708. The fourth-order valence-electron chi connectivity index (χ4n) is 2.60. The maximum absolute atomic E-state index is 13.0. The van der Waals surface area contributed by atoms with Gasteiger partial charge in [0.2, 0.25) is 0 Å². The van der Waals surface area contributed by atoms with Crippen molar-refractivity contribution in [1.82, 2.24) is 4.90 Å². The van der Waals surface area contributed by atoms with E-state index in [0.717, 1.165) is 10.7 Å². The van der Waals surface area contributed by atoms with E-state index in [1.165, 1.54) is 23.9 Å². The Kier molecular flexibility index (Phi) is 3.92. The van der Waals surface area contributed by atoms with Gasteiger partial charge in [0, 0.05) is 17.8 Å². The van der Waals surface area contributed by atoms with Gasteiger partial charge in [0.15, 0.2) is 15.0 Å². The van der Waals surface area contributed by atoms with Gasteiger partial charge in [-0.2, -0.15) is 0 Å². The molecule has 0 saturated carbocycles. The molecule has 1 fully saturated rings. The molecule has 21 heavy (non-hydrogen) atoms. The Morgan fingerprint density at radius 1 is 1.48 bits per heavy atom. The van der Waals surface area contributed by atoms with Crippen LogP contribution in [0.4, 0.5) is 4.39 Å². The third-order valence-electron chi connectivity index (χ3n) is 3.74. The van der Waals surface area contributed by atoms with Gasteiger partial charge in [0.1, 0.15) is 5.82 Å². The monoisotopic (exact) mass is 348 g/mol. The molecule has 0 N–H and O–H groups in total. The number of hydrogen-bond donors (Lipinski definition) is 0. The van der Waals surface area contributed by atoms with E-state index < -0.39 is 9.84 Å². The lowest BCUT2D eigenvalue weighted by Gasteiger charge is -2.20. The molecule has 1 aromatic rings. The van der Waals surface area contributed by atoms with E-state index in [2.05, 4.69) is 4.99 Å². The van der Waals surface area contributed by atoms with E-state index in [9.17, 15) is 12.8 Å². The SMILES string of the molecule is CN1C(SCc2ccc(F)cc2Cl)=N[C@@H]2CS(=O)(=O)C[C@H]21. The van der Waals surface area contributed by atoms with Gasteiger partial charge in [-0.1, -0.05) is 29.4 Å². The van der Waals surface area contributed by atoms with Crippen molar-refractivity contribution in [2.75, 3.05) is 18.6 Å². The summed E-state index contributed by atoms with van der Waals surface area (Å²) in [7, 11) is -1.10. The van der Waals surface area contributed by atoms with Crippen LogP contribution in [-0.2, 0) is 15.6 Å². The molecule has 2 aliphatic heterocycles. The number of rotatable bonds is 2. The largest absolute Gasteiger partial charge is 0.348 e. The van der Waals surface area contributed by atoms with Crippen molar-refractivity contribution in [3.8, 4) is 0 Å². The van der Waals surface area contributed by atoms with Gasteiger partial charge < -0.3 is 4.90 Å². The molecule has 0 amide bonds. The highest BCUT2D eigenvalue weighted by Gasteiger charge is 2.44. The average Bonchev–Trinajstić information content (AvgIpc) is 2.83. The molecule has 0 bridgehead atoms. The van der Waals surface area contributed by atoms with Gasteiger partial charge in [0.25, 0.3) is 0 Å². The second-order valence-corrected chi connectivity index (χ2v) is 8.76. The molecule has 0 spiro atoms. The Morgan fingerprint density at radius 2 is 2.24 bits per heavy atom. The van der Waals surface area contributed by atoms with Crippen molar-refractivity contribution in [3.63, 3.8) is 0 Å². The Labute approximate surface area is 132 Å². The number of nitrogens with zero attached hydrogens (tertiary/aromatic N) is 2. The molecule has 0 aliphatic carbocycles. The third kappa shape index (κ3) is 3.05. The highest BCUT2D eigenvalue weighted by molar-refractivity contribution is 8.13. The number of hydrogen-bond acceptors (Lipinski definition) is 5. The lowest BCUT2D eigenvalue weighted by molar-refractivity contribution is 0.410. The molecule has 2 aliphatic rings. The maximum Gasteiger partial charge on any atom is 0.159 e. The number of sulfone groups is 1. The number of fused-ring (bicyclic) bond motifs is 1. The fourth-order valence-corrected chi connectivity index (χ4v) is 5.92. The predicted molar refractivity (Wildman–Crippen MR) is 84.1 cm³/mol. The Morgan fingerprint density at radius 3 is 2.90 bits per heavy atom. The summed E-state index contributed by atoms with van der Waals surface area (Å²) in [5.74, 6) is 0.514. The average molecular weight is 349 g/mol. The molecule has 2 atom stereocenters. The van der Waals surface area contributed by atoms with E-state index in [1.54, 1.807) is 6.07 Å². The van der Waals surface area contributed by atoms with Gasteiger partial charge in [-0.15, -0.1) is 0 Å². The maximum atomic E-state index is 13.0. The van der Waals surface area contributed by atoms with Gasteiger partial charge in [-0.05, 0) is 17.7 Å². The van der Waals surface area contributed by atoms with E-state index in [-0.39, 0.29) is 29.4 Å². The first-order chi connectivity index (χ1) is 9.85. The summed E-state index contributed by atoms with van der Waals surface area (Å²) < 4.78 is 36.2. The van der Waals surface area contributed by atoms with Gasteiger partial charge in [-0.3, -0.25) is 4.99 Å². The zero-order chi connectivity index (χ0) is 15.2. The van der Waals surface area contributed by atoms with Crippen LogP contribution in [-0.4, -0.2) is 49.1 Å². The third-order valence-corrected chi connectivity index (χ3v) is 6.90. The normalized spacial score (nSPS) is 26.8. The van der Waals surface area contributed by atoms with Gasteiger partial charge in [0.05, 0.1) is 23.6 Å². The van der Waals surface area contributed by atoms with Crippen LogP contribution in [0.5, 0.6) is 0 Å². The summed E-state index contributed by atoms with van der Waals surface area (Å²) >= 11 is 7.49. The first-order valence-corrected chi connectivity index (χ1v) is 9.62. The molecule has 1 saturated heterocycles. The highest BCUT2D eigenvalue weighted by atomic mass is 35.5. The zero-order valence-corrected chi connectivity index (χ0v) is 13.7. The van der Waals surface area contributed by atoms with Crippen LogP contribution in [0.3, 0.4) is 0 Å². The second kappa shape index (κ2) is 5.44. The number of amidine groups is 1. The van der Waals surface area contributed by atoms with Crippen molar-refractivity contribution >= 4 is 38.4 Å². The Balaban J connectivity index is 1.69. The summed E-state index contributed by atoms with van der Waals surface area (Å²) in [5.41, 5.74) is 0.837. The number of likely N-dealkylation sites (N-methyl/N-ethyl adjacent to an activating group) is 1. The molecule has 3 rings (SSSR count). The van der Waals surface area contributed by atoms with Crippen molar-refractivity contribution in [1.29, 1.82) is 0 Å². The number of aliphatic imine (C=N–C) groups is 1. The van der Waals surface area contributed by atoms with E-state index >= 15 is 0 Å². The summed E-state index contributed by atoms with van der Waals surface area (Å²) in [5, 5.41) is 1.21. The Hall–Kier alpha value is -0.790. The lowest BCUT2D eigenvalue weighted by Crippen LogP contribution is -2.35. The van der Waals surface area contributed by atoms with Crippen LogP contribution in [0, 0.1) is 5.82 Å². The molecule has 0 aromatic heterocycles. The summed E-state index contributed by atoms with van der Waals surface area (Å²) in [4.78, 5) is 6.43. The number of thioether (sulfide) groups is 1. The molecule has 8 heteroatoms. The van der Waals surface area contributed by atoms with Crippen molar-refractivity contribution < 1.29 is 12.8 Å². The predicted octanol–water partition coefficient (Wildman–Crippen LogP) is 2.18. The minimum absolute atomic E-state index is 0.0545. The minimum Gasteiger partial charge on any atom is -0.348 e. The van der Waals surface area contributed by atoms with E-state index in [0.29, 0.717) is 10.8 Å². The zero-order valence-electron chi connectivity index (χ0n) is 11.3. The summed E-state index contributed by atoms with van der Waals surface area (Å²) in [6.45, 7) is 0. The van der Waals surface area contributed by atoms with E-state index in [4.69, 9.17) is 11.6 Å². The van der Waals surface area contributed by atoms with Crippen LogP contribution in [0.25, 0.3) is 0 Å². The van der Waals surface area contributed by atoms with Crippen LogP contribution >= 0.6 is 23.4 Å². The standard InChI is InChI=1S/C13H14ClFN2O2S2/c1-17-12-7-21(18,19)6-11(12)16-13(17)20-5-8-2-3-9(15)4-10(8)14/h2-4,11-12H,5-7H2,1H3/t11-,12-/m1/s1. The van der Waals surface area contributed by atoms with Crippen LogP contribution < -0.4 is 0 Å². The minimum atomic E-state index is -2.96. The van der Waals surface area contributed by atoms with Crippen molar-refractivity contribution in [3.05, 3.63) is 34.6 Å². The number of halogens is 2. The quantitative estimate of drug-likeness (QED) is 0.822. The van der Waals surface area contributed by atoms with Gasteiger partial charge in [-0.25, -0.2) is 12.8 Å². The molecule has 4 nitrogen and oxygen atoms in total. The highest BCUT2D eigenvalue weighted by Crippen LogP contribution is 2.32. The first kappa shape index (κ1) is 15.1. The molecule has 2 heterocycles. The fraction of sp³-hybridized carbons (Fsp3) is 0.462. The summed E-state index contributed by atoms with van der Waals surface area (Å²) in [6, 6.07) is 4.11. The van der Waals surface area contributed by atoms with Crippen LogP contribution in [0.2, 0.25) is 5.02 Å². The molecule has 114 valence electrons. The number of benzene rings is 1. The molecular formula is C13H14ClFN2O2S2. The van der Waals surface area contributed by atoms with E-state index in [1.807, 2.05) is 11.9 Å². The van der Waals surface area contributed by atoms with Crippen LogP contribution in [0.1, 0.15) is 5.56 Å². The van der Waals surface area contributed by atoms with Crippen molar-refractivity contribution in [2.45, 2.75) is 17.8 Å². The van der Waals surface area contributed by atoms with Crippen molar-refractivity contribution in [2.24, 2.45) is 4.99 Å². The molecular weight excluding hydrogens is 335 g/mol. The smallest absolute Gasteiger partial charge is 0.159 e.